The zero-order valence-corrected chi connectivity index (χ0v) is 14.5. The lowest BCUT2D eigenvalue weighted by molar-refractivity contribution is 0.0600. The third kappa shape index (κ3) is 3.58. The maximum atomic E-state index is 12.3. The number of esters is 1. The molecule has 2 aromatic heterocycles. The Balaban J connectivity index is 1.74. The van der Waals surface area contributed by atoms with Crippen LogP contribution < -0.4 is 5.32 Å². The highest BCUT2D eigenvalue weighted by Gasteiger charge is 2.14. The summed E-state index contributed by atoms with van der Waals surface area (Å²) in [5.74, 6) is -0.633. The number of aromatic nitrogens is 3. The van der Waals surface area contributed by atoms with Gasteiger partial charge in [-0.05, 0) is 25.1 Å². The molecule has 3 rings (SSSR count). The van der Waals surface area contributed by atoms with E-state index in [0.29, 0.717) is 22.9 Å². The molecule has 0 atom stereocenters. The first-order chi connectivity index (χ1) is 12.1. The van der Waals surface area contributed by atoms with Crippen LogP contribution in [0.4, 0.5) is 5.13 Å². The van der Waals surface area contributed by atoms with Crippen LogP contribution in [-0.2, 0) is 11.3 Å². The van der Waals surface area contributed by atoms with Gasteiger partial charge in [0.2, 0.25) is 0 Å². The Morgan fingerprint density at radius 1 is 1.24 bits per heavy atom. The van der Waals surface area contributed by atoms with Gasteiger partial charge >= 0.3 is 5.97 Å². The molecule has 25 heavy (non-hydrogen) atoms. The lowest BCUT2D eigenvalue weighted by Gasteiger charge is -2.04. The van der Waals surface area contributed by atoms with Crippen LogP contribution in [0.2, 0.25) is 0 Å². The molecule has 0 unspecified atom stereocenters. The Morgan fingerprint density at radius 3 is 2.68 bits per heavy atom. The smallest absolute Gasteiger partial charge is 0.337 e. The van der Waals surface area contributed by atoms with E-state index in [1.165, 1.54) is 18.4 Å². The van der Waals surface area contributed by atoms with Gasteiger partial charge in [0.1, 0.15) is 5.69 Å². The van der Waals surface area contributed by atoms with Crippen molar-refractivity contribution in [1.29, 1.82) is 0 Å². The van der Waals surface area contributed by atoms with Gasteiger partial charge < -0.3 is 4.74 Å². The van der Waals surface area contributed by atoms with E-state index in [4.69, 9.17) is 0 Å². The van der Waals surface area contributed by atoms with Gasteiger partial charge in [-0.1, -0.05) is 12.1 Å². The van der Waals surface area contributed by atoms with E-state index >= 15 is 0 Å². The number of carbonyl (C=O) groups excluding carboxylic acids is 2. The fourth-order valence-electron chi connectivity index (χ4n) is 2.30. The Kier molecular flexibility index (Phi) is 4.90. The number of nitrogens with one attached hydrogen (secondary N) is 1. The molecule has 1 amide bonds. The average molecular weight is 356 g/mol. The van der Waals surface area contributed by atoms with E-state index in [1.54, 1.807) is 41.2 Å². The van der Waals surface area contributed by atoms with Gasteiger partial charge in [0.25, 0.3) is 5.91 Å². The highest BCUT2D eigenvalue weighted by atomic mass is 32.1. The topological polar surface area (TPSA) is 86.1 Å². The highest BCUT2D eigenvalue weighted by molar-refractivity contribution is 7.14. The summed E-state index contributed by atoms with van der Waals surface area (Å²) in [5.41, 5.74) is 2.54. The Labute approximate surface area is 148 Å². The summed E-state index contributed by atoms with van der Waals surface area (Å²) in [7, 11) is 1.34. The number of amides is 1. The molecular formula is C17H16N4O3S. The molecule has 2 heterocycles. The molecule has 0 aliphatic heterocycles. The average Bonchev–Trinajstić information content (AvgIpc) is 3.30. The Bertz CT molecular complexity index is 899. The molecule has 3 aromatic rings. The molecule has 0 aliphatic carbocycles. The monoisotopic (exact) mass is 356 g/mol. The van der Waals surface area contributed by atoms with Crippen molar-refractivity contribution in [2.45, 2.75) is 13.5 Å². The van der Waals surface area contributed by atoms with Crippen LogP contribution in [0.25, 0.3) is 11.3 Å². The lowest BCUT2D eigenvalue weighted by Crippen LogP contribution is -2.17. The van der Waals surface area contributed by atoms with Gasteiger partial charge in [0.15, 0.2) is 5.13 Å². The first-order valence-corrected chi connectivity index (χ1v) is 8.47. The van der Waals surface area contributed by atoms with Crippen molar-refractivity contribution in [3.63, 3.8) is 0 Å². The quantitative estimate of drug-likeness (QED) is 0.710. The number of ether oxygens (including phenoxy) is 1. The van der Waals surface area contributed by atoms with Crippen LogP contribution in [0.15, 0.2) is 41.9 Å². The van der Waals surface area contributed by atoms with Crippen molar-refractivity contribution in [3.05, 3.63) is 53.2 Å². The zero-order valence-electron chi connectivity index (χ0n) is 13.7. The normalized spacial score (nSPS) is 10.5. The third-order valence-corrected chi connectivity index (χ3v) is 4.33. The van der Waals surface area contributed by atoms with Crippen LogP contribution in [0.1, 0.15) is 27.8 Å². The second kappa shape index (κ2) is 7.27. The Morgan fingerprint density at radius 2 is 2.00 bits per heavy atom. The maximum Gasteiger partial charge on any atom is 0.337 e. The maximum absolute atomic E-state index is 12.3. The fourth-order valence-corrected chi connectivity index (χ4v) is 3.01. The number of hydrogen-bond donors (Lipinski definition) is 1. The minimum absolute atomic E-state index is 0.249. The van der Waals surface area contributed by atoms with Crippen LogP contribution in [0.3, 0.4) is 0 Å². The van der Waals surface area contributed by atoms with Crippen molar-refractivity contribution < 1.29 is 14.3 Å². The van der Waals surface area contributed by atoms with E-state index in [0.717, 1.165) is 11.3 Å². The van der Waals surface area contributed by atoms with Crippen LogP contribution in [0, 0.1) is 0 Å². The number of carbonyl (C=O) groups is 2. The molecule has 0 aliphatic rings. The van der Waals surface area contributed by atoms with E-state index in [2.05, 4.69) is 20.1 Å². The minimum Gasteiger partial charge on any atom is -0.465 e. The summed E-state index contributed by atoms with van der Waals surface area (Å²) in [5, 5.41) is 9.21. The van der Waals surface area contributed by atoms with Crippen LogP contribution in [-0.4, -0.2) is 33.8 Å². The van der Waals surface area contributed by atoms with Crippen molar-refractivity contribution in [2.24, 2.45) is 0 Å². The van der Waals surface area contributed by atoms with Crippen LogP contribution >= 0.6 is 11.3 Å². The highest BCUT2D eigenvalue weighted by Crippen LogP contribution is 2.25. The molecule has 1 N–H and O–H groups in total. The van der Waals surface area contributed by atoms with Gasteiger partial charge in [-0.2, -0.15) is 5.10 Å². The van der Waals surface area contributed by atoms with E-state index in [9.17, 15) is 9.59 Å². The lowest BCUT2D eigenvalue weighted by atomic mass is 10.1. The van der Waals surface area contributed by atoms with Gasteiger partial charge in [-0.3, -0.25) is 14.8 Å². The van der Waals surface area contributed by atoms with Gasteiger partial charge in [-0.15, -0.1) is 11.3 Å². The van der Waals surface area contributed by atoms with E-state index in [-0.39, 0.29) is 11.9 Å². The summed E-state index contributed by atoms with van der Waals surface area (Å²) < 4.78 is 6.30. The second-order valence-electron chi connectivity index (χ2n) is 5.09. The molecule has 0 bridgehead atoms. The molecule has 0 saturated heterocycles. The largest absolute Gasteiger partial charge is 0.465 e. The number of nitrogens with zero attached hydrogens (tertiary/aromatic N) is 3. The van der Waals surface area contributed by atoms with Gasteiger partial charge in [0, 0.05) is 23.7 Å². The number of rotatable bonds is 5. The van der Waals surface area contributed by atoms with E-state index in [1.807, 2.05) is 12.3 Å². The fraction of sp³-hybridized carbons (Fsp3) is 0.176. The molecule has 0 fully saturated rings. The third-order valence-electron chi connectivity index (χ3n) is 3.58. The second-order valence-corrected chi connectivity index (χ2v) is 5.95. The molecular weight excluding hydrogens is 340 g/mol. The number of anilines is 1. The molecule has 128 valence electrons. The molecule has 8 heteroatoms. The van der Waals surface area contributed by atoms with Gasteiger partial charge in [0.05, 0.1) is 18.4 Å². The SMILES string of the molecule is CCn1nccc1C(=O)Nc1nc(-c2ccc(C(=O)OC)cc2)cs1. The standard InChI is InChI=1S/C17H16N4O3S/c1-3-21-14(8-9-18-21)15(22)20-17-19-13(10-25-17)11-4-6-12(7-5-11)16(23)24-2/h4-10H,3H2,1-2H3,(H,19,20,22). The van der Waals surface area contributed by atoms with Crippen molar-refractivity contribution >= 4 is 28.3 Å². The van der Waals surface area contributed by atoms with Crippen molar-refractivity contribution in [3.8, 4) is 11.3 Å². The molecule has 1 aromatic carbocycles. The molecule has 7 nitrogen and oxygen atoms in total. The summed E-state index contributed by atoms with van der Waals surface area (Å²) in [6.07, 6.45) is 1.59. The van der Waals surface area contributed by atoms with E-state index < -0.39 is 0 Å². The first-order valence-electron chi connectivity index (χ1n) is 7.59. The summed E-state index contributed by atoms with van der Waals surface area (Å²) in [6.45, 7) is 2.54. The number of benzene rings is 1. The van der Waals surface area contributed by atoms with Gasteiger partial charge in [-0.25, -0.2) is 9.78 Å². The zero-order chi connectivity index (χ0) is 17.8. The van der Waals surface area contributed by atoms with Crippen molar-refractivity contribution in [1.82, 2.24) is 14.8 Å². The molecule has 0 radical (unpaired) electrons. The summed E-state index contributed by atoms with van der Waals surface area (Å²) in [6, 6.07) is 8.61. The predicted octanol–water partition coefficient (Wildman–Crippen LogP) is 3.07. The Hall–Kier alpha value is -3.00. The number of thiazole rings is 1. The predicted molar refractivity (Wildman–Crippen MR) is 94.7 cm³/mol. The number of hydrogen-bond acceptors (Lipinski definition) is 6. The first kappa shape index (κ1) is 16.8. The minimum atomic E-state index is -0.384. The van der Waals surface area contributed by atoms with Crippen LogP contribution in [0.5, 0.6) is 0 Å². The molecule has 0 spiro atoms. The summed E-state index contributed by atoms with van der Waals surface area (Å²) in [4.78, 5) is 28.2. The summed E-state index contributed by atoms with van der Waals surface area (Å²) >= 11 is 1.33. The number of aryl methyl sites for hydroxylation is 1. The molecule has 0 saturated carbocycles. The van der Waals surface area contributed by atoms with Crippen molar-refractivity contribution in [2.75, 3.05) is 12.4 Å². The number of methoxy groups -OCH3 is 1.